The lowest BCUT2D eigenvalue weighted by Crippen LogP contribution is -2.13. The summed E-state index contributed by atoms with van der Waals surface area (Å²) in [4.78, 5) is 27.9. The van der Waals surface area contributed by atoms with Crippen molar-refractivity contribution in [3.8, 4) is 17.2 Å². The van der Waals surface area contributed by atoms with Gasteiger partial charge in [0.05, 0.1) is 18.8 Å². The van der Waals surface area contributed by atoms with Gasteiger partial charge in [-0.15, -0.1) is 0 Å². The van der Waals surface area contributed by atoms with E-state index < -0.39 is 17.7 Å². The number of hydrogen-bond donors (Lipinski definition) is 2. The van der Waals surface area contributed by atoms with Crippen molar-refractivity contribution < 1.29 is 28.2 Å². The molecule has 0 aliphatic carbocycles. The fraction of sp³-hybridized carbons (Fsp3) is 0.227. The van der Waals surface area contributed by atoms with Gasteiger partial charge in [0.2, 0.25) is 0 Å². The fourth-order valence-corrected chi connectivity index (χ4v) is 2.44. The predicted molar refractivity (Wildman–Crippen MR) is 114 cm³/mol. The number of hydrogen-bond acceptors (Lipinski definition) is 6. The van der Waals surface area contributed by atoms with Gasteiger partial charge in [0.15, 0.2) is 11.6 Å². The Labute approximate surface area is 179 Å². The molecule has 3 N–H and O–H groups in total. The Bertz CT molecular complexity index is 1020. The average Bonchev–Trinajstić information content (AvgIpc) is 2.72. The van der Waals surface area contributed by atoms with Crippen LogP contribution in [0.4, 0.5) is 4.39 Å². The van der Waals surface area contributed by atoms with Gasteiger partial charge >= 0.3 is 5.97 Å². The molecule has 0 fully saturated rings. The summed E-state index contributed by atoms with van der Waals surface area (Å²) in [5.74, 6) is -1.74. The van der Waals surface area contributed by atoms with Crippen LogP contribution in [0.3, 0.4) is 0 Å². The molecule has 2 aromatic carbocycles. The van der Waals surface area contributed by atoms with Crippen LogP contribution in [0.1, 0.15) is 34.6 Å². The van der Waals surface area contributed by atoms with E-state index in [4.69, 9.17) is 15.2 Å². The largest absolute Gasteiger partial charge is 0.491 e. The number of nitrogens with zero attached hydrogens (tertiary/aromatic N) is 1. The predicted octanol–water partition coefficient (Wildman–Crippen LogP) is 3.42. The van der Waals surface area contributed by atoms with Crippen LogP contribution in [-0.2, 0) is 4.74 Å². The highest BCUT2D eigenvalue weighted by Gasteiger charge is 2.15. The van der Waals surface area contributed by atoms with Gasteiger partial charge in [-0.1, -0.05) is 0 Å². The summed E-state index contributed by atoms with van der Waals surface area (Å²) in [5.41, 5.74) is 5.88. The molecule has 0 spiro atoms. The first-order valence-corrected chi connectivity index (χ1v) is 9.33. The van der Waals surface area contributed by atoms with Crippen LogP contribution in [0, 0.1) is 5.82 Å². The number of benzene rings is 2. The number of carbonyl (C=O) groups is 2. The molecular weight excluding hydrogens is 405 g/mol. The summed E-state index contributed by atoms with van der Waals surface area (Å²) < 4.78 is 30.2. The second kappa shape index (κ2) is 10.8. The molecule has 31 heavy (non-hydrogen) atoms. The van der Waals surface area contributed by atoms with E-state index in [1.807, 2.05) is 13.8 Å². The maximum Gasteiger partial charge on any atom is 0.337 e. The van der Waals surface area contributed by atoms with Gasteiger partial charge in [-0.2, -0.15) is 4.99 Å². The summed E-state index contributed by atoms with van der Waals surface area (Å²) in [6.45, 7) is 3.64. The lowest BCUT2D eigenvalue weighted by Gasteiger charge is -2.14. The second-order valence-electron chi connectivity index (χ2n) is 6.56. The van der Waals surface area contributed by atoms with Gasteiger partial charge in [0, 0.05) is 18.7 Å². The number of halogens is 1. The Balaban J connectivity index is 2.39. The Hall–Kier alpha value is -3.88. The molecule has 0 saturated heterocycles. The monoisotopic (exact) mass is 429 g/mol. The first kappa shape index (κ1) is 23.4. The van der Waals surface area contributed by atoms with Crippen molar-refractivity contribution in [2.45, 2.75) is 20.0 Å². The van der Waals surface area contributed by atoms with E-state index in [0.717, 1.165) is 6.07 Å². The van der Waals surface area contributed by atoms with Crippen LogP contribution < -0.4 is 20.5 Å². The van der Waals surface area contributed by atoms with E-state index in [2.05, 4.69) is 15.0 Å². The van der Waals surface area contributed by atoms with Crippen molar-refractivity contribution in [1.82, 2.24) is 5.32 Å². The zero-order valence-electron chi connectivity index (χ0n) is 17.6. The molecule has 9 heteroatoms. The van der Waals surface area contributed by atoms with E-state index in [0.29, 0.717) is 5.75 Å². The fourth-order valence-electron chi connectivity index (χ4n) is 2.44. The smallest absolute Gasteiger partial charge is 0.337 e. The van der Waals surface area contributed by atoms with Gasteiger partial charge in [-0.3, -0.25) is 4.79 Å². The zero-order chi connectivity index (χ0) is 23.0. The molecule has 0 aliphatic rings. The molecule has 0 bridgehead atoms. The van der Waals surface area contributed by atoms with Crippen LogP contribution >= 0.6 is 0 Å². The Morgan fingerprint density at radius 1 is 1.13 bits per heavy atom. The lowest BCUT2D eigenvalue weighted by atomic mass is 10.1. The van der Waals surface area contributed by atoms with Gasteiger partial charge < -0.3 is 25.3 Å². The van der Waals surface area contributed by atoms with Crippen LogP contribution in [0.2, 0.25) is 0 Å². The van der Waals surface area contributed by atoms with E-state index in [1.165, 1.54) is 49.7 Å². The van der Waals surface area contributed by atoms with Crippen molar-refractivity contribution in [2.75, 3.05) is 14.2 Å². The molecule has 0 aromatic heterocycles. The maximum absolute atomic E-state index is 14.4. The van der Waals surface area contributed by atoms with E-state index >= 15 is 0 Å². The highest BCUT2D eigenvalue weighted by Crippen LogP contribution is 2.30. The van der Waals surface area contributed by atoms with Crippen LogP contribution in [0.25, 0.3) is 0 Å². The SMILES string of the molecule is CN/C=C\C(N)=NC(=O)c1cc(Oc2ccc(C(=O)OC)cc2F)cc(OC(C)C)c1. The second-order valence-corrected chi connectivity index (χ2v) is 6.56. The van der Waals surface area contributed by atoms with Gasteiger partial charge in [0.1, 0.15) is 17.3 Å². The number of methoxy groups -OCH3 is 1. The minimum atomic E-state index is -0.773. The molecule has 0 atom stereocenters. The van der Waals surface area contributed by atoms with Gasteiger partial charge in [-0.25, -0.2) is 9.18 Å². The van der Waals surface area contributed by atoms with Crippen LogP contribution in [0.5, 0.6) is 17.2 Å². The number of ether oxygens (including phenoxy) is 3. The number of nitrogens with two attached hydrogens (primary N) is 1. The Kier molecular flexibility index (Phi) is 8.13. The number of nitrogens with one attached hydrogen (secondary N) is 1. The Morgan fingerprint density at radius 3 is 2.45 bits per heavy atom. The van der Waals surface area contributed by atoms with Crippen molar-refractivity contribution in [1.29, 1.82) is 0 Å². The van der Waals surface area contributed by atoms with Gasteiger partial charge in [-0.05, 0) is 56.5 Å². The van der Waals surface area contributed by atoms with Crippen molar-refractivity contribution in [3.63, 3.8) is 0 Å². The number of rotatable bonds is 8. The molecule has 0 radical (unpaired) electrons. The number of amides is 1. The molecule has 1 amide bonds. The standard InChI is InChI=1S/C22H24FN3O5/c1-13(2)30-16-9-15(21(27)26-20(24)7-8-25-3)10-17(12-16)31-19-6-5-14(11-18(19)23)22(28)29-4/h5-13,25H,1-4H3,(H2,24,26,27)/b8-7-. The summed E-state index contributed by atoms with van der Waals surface area (Å²) in [6.07, 6.45) is 2.78. The molecule has 0 heterocycles. The highest BCUT2D eigenvalue weighted by atomic mass is 19.1. The highest BCUT2D eigenvalue weighted by molar-refractivity contribution is 6.06. The third-order valence-corrected chi connectivity index (χ3v) is 3.73. The minimum Gasteiger partial charge on any atom is -0.491 e. The first-order valence-electron chi connectivity index (χ1n) is 9.33. The summed E-state index contributed by atoms with van der Waals surface area (Å²) in [5, 5.41) is 2.74. The molecule has 0 saturated carbocycles. The van der Waals surface area contributed by atoms with E-state index in [9.17, 15) is 14.0 Å². The summed E-state index contributed by atoms with van der Waals surface area (Å²) in [6, 6.07) is 8.05. The third-order valence-electron chi connectivity index (χ3n) is 3.73. The molecule has 164 valence electrons. The van der Waals surface area contributed by atoms with Crippen LogP contribution in [0.15, 0.2) is 53.7 Å². The average molecular weight is 429 g/mol. The topological polar surface area (TPSA) is 112 Å². The van der Waals surface area contributed by atoms with E-state index in [-0.39, 0.29) is 34.6 Å². The molecule has 2 rings (SSSR count). The molecule has 0 aliphatic heterocycles. The zero-order valence-corrected chi connectivity index (χ0v) is 17.6. The van der Waals surface area contributed by atoms with E-state index in [1.54, 1.807) is 7.05 Å². The number of esters is 1. The third kappa shape index (κ3) is 6.84. The Morgan fingerprint density at radius 2 is 1.84 bits per heavy atom. The number of amidine groups is 1. The first-order chi connectivity index (χ1) is 14.7. The lowest BCUT2D eigenvalue weighted by molar-refractivity contribution is 0.0600. The maximum atomic E-state index is 14.4. The van der Waals surface area contributed by atoms with Crippen LogP contribution in [-0.4, -0.2) is 38.0 Å². The summed E-state index contributed by atoms with van der Waals surface area (Å²) in [7, 11) is 2.88. The van der Waals surface area contributed by atoms with Crippen molar-refractivity contribution in [2.24, 2.45) is 10.7 Å². The van der Waals surface area contributed by atoms with Gasteiger partial charge in [0.25, 0.3) is 5.91 Å². The normalized spacial score (nSPS) is 11.5. The van der Waals surface area contributed by atoms with Crippen molar-refractivity contribution in [3.05, 3.63) is 65.6 Å². The van der Waals surface area contributed by atoms with Crippen molar-refractivity contribution >= 4 is 17.7 Å². The number of aliphatic imine (C=N–C) groups is 1. The molecule has 2 aromatic rings. The summed E-state index contributed by atoms with van der Waals surface area (Å²) >= 11 is 0. The molecule has 8 nitrogen and oxygen atoms in total. The quantitative estimate of drug-likeness (QED) is 0.376. The number of carbonyl (C=O) groups excluding carboxylic acids is 2. The molecular formula is C22H24FN3O5. The molecule has 0 unspecified atom stereocenters. The minimum absolute atomic E-state index is 0.00134.